The second-order valence-corrected chi connectivity index (χ2v) is 15.4. The topological polar surface area (TPSA) is 122 Å². The maximum Gasteiger partial charge on any atom is 0.315 e. The monoisotopic (exact) mass is 634 g/mol. The molecule has 0 amide bonds. The Morgan fingerprint density at radius 3 is 2.29 bits per heavy atom. The highest BCUT2D eigenvalue weighted by atomic mass is 16.7. The van der Waals surface area contributed by atoms with Crippen molar-refractivity contribution in [2.45, 2.75) is 159 Å². The standard InChI is InChI=1S/C35H54O10/c1-18-23-11-14-35(38)25-8-7-21-15-22(9-12-33(21,4)24(25)10-13-34(23,35)32(37)43-18)44-28-17-27(40-6)31(20(3)42-28)45-29-16-26(39-5)30(36)19(2)41-29/h7,18-20,22-31,36,38H,8-17H2,1-6H3/t18-,19-,20-,22+,23-,24+,25-,26+,27+,28+,29-,30-,31-,33+,34-,35+/m1/s1. The average Bonchev–Trinajstić information content (AvgIpc) is 3.46. The van der Waals surface area contributed by atoms with Gasteiger partial charge in [-0.05, 0) is 89.4 Å². The Labute approximate surface area is 267 Å². The van der Waals surface area contributed by atoms with E-state index in [1.54, 1.807) is 14.2 Å². The van der Waals surface area contributed by atoms with Gasteiger partial charge in [-0.3, -0.25) is 4.79 Å². The average molecular weight is 635 g/mol. The molecule has 0 aromatic rings. The van der Waals surface area contributed by atoms with E-state index in [0.29, 0.717) is 25.2 Å². The molecule has 1 spiro atoms. The van der Waals surface area contributed by atoms with Gasteiger partial charge in [-0.1, -0.05) is 18.6 Å². The number of carbonyl (C=O) groups excluding carboxylic acids is 1. The summed E-state index contributed by atoms with van der Waals surface area (Å²) >= 11 is 0. The SMILES string of the molecule is CO[C@H]1C[C@@H](O[C@H]2[C@@H](OC)C[C@H](O[C@H]3CC[C@@]4(C)C(=CC[C@@H]5[C@@H]4CC[C@]46C(=O)O[C@H](C)[C@H]4CC[C@]56O)C3)O[C@@H]2C)O[C@H](C)[C@H]1O. The minimum absolute atomic E-state index is 0.00812. The second-order valence-electron chi connectivity index (χ2n) is 15.4. The van der Waals surface area contributed by atoms with Crippen molar-refractivity contribution in [3.8, 4) is 0 Å². The molecule has 7 aliphatic rings. The van der Waals surface area contributed by atoms with Crippen molar-refractivity contribution in [2.24, 2.45) is 28.6 Å². The van der Waals surface area contributed by atoms with Gasteiger partial charge in [0.2, 0.25) is 0 Å². The van der Waals surface area contributed by atoms with Gasteiger partial charge in [0.05, 0.1) is 36.1 Å². The molecule has 3 aliphatic heterocycles. The summed E-state index contributed by atoms with van der Waals surface area (Å²) < 4.78 is 42.5. The maximum absolute atomic E-state index is 13.3. The maximum atomic E-state index is 13.3. The predicted octanol–water partition coefficient (Wildman–Crippen LogP) is 4.04. The van der Waals surface area contributed by atoms with Gasteiger partial charge < -0.3 is 43.4 Å². The van der Waals surface area contributed by atoms with Crippen LogP contribution in [0.15, 0.2) is 11.6 Å². The number of rotatable bonds is 6. The molecule has 2 N–H and O–H groups in total. The molecule has 0 radical (unpaired) electrons. The van der Waals surface area contributed by atoms with Crippen molar-refractivity contribution in [1.82, 2.24) is 0 Å². The van der Waals surface area contributed by atoms with Crippen molar-refractivity contribution in [1.29, 1.82) is 0 Å². The van der Waals surface area contributed by atoms with Crippen LogP contribution >= 0.6 is 0 Å². The van der Waals surface area contributed by atoms with E-state index in [0.717, 1.165) is 44.9 Å². The van der Waals surface area contributed by atoms with Crippen LogP contribution in [0, 0.1) is 28.6 Å². The first-order chi connectivity index (χ1) is 21.4. The van der Waals surface area contributed by atoms with Crippen LogP contribution in [-0.2, 0) is 38.0 Å². The van der Waals surface area contributed by atoms with E-state index in [2.05, 4.69) is 13.0 Å². The highest BCUT2D eigenvalue weighted by molar-refractivity contribution is 5.82. The minimum Gasteiger partial charge on any atom is -0.462 e. The molecule has 4 aliphatic carbocycles. The largest absolute Gasteiger partial charge is 0.462 e. The highest BCUT2D eigenvalue weighted by Gasteiger charge is 2.75. The van der Waals surface area contributed by atoms with Crippen molar-refractivity contribution >= 4 is 5.97 Å². The van der Waals surface area contributed by atoms with Crippen molar-refractivity contribution < 1.29 is 48.2 Å². The molecule has 45 heavy (non-hydrogen) atoms. The zero-order valence-corrected chi connectivity index (χ0v) is 27.8. The number of allylic oxidation sites excluding steroid dienone is 1. The van der Waals surface area contributed by atoms with E-state index in [9.17, 15) is 15.0 Å². The van der Waals surface area contributed by atoms with Crippen LogP contribution in [0.1, 0.15) is 91.9 Å². The number of ether oxygens (including phenoxy) is 7. The van der Waals surface area contributed by atoms with Crippen LogP contribution in [0.5, 0.6) is 0 Å². The van der Waals surface area contributed by atoms with Crippen LogP contribution in [0.4, 0.5) is 0 Å². The third kappa shape index (κ3) is 4.91. The van der Waals surface area contributed by atoms with Crippen molar-refractivity contribution in [3.63, 3.8) is 0 Å². The summed E-state index contributed by atoms with van der Waals surface area (Å²) in [5.74, 6) is 0.409. The number of methoxy groups -OCH3 is 2. The molecule has 0 bridgehead atoms. The Balaban J connectivity index is 0.996. The quantitative estimate of drug-likeness (QED) is 0.327. The third-order valence-corrected chi connectivity index (χ3v) is 13.5. The van der Waals surface area contributed by atoms with Crippen molar-refractivity contribution in [3.05, 3.63) is 11.6 Å². The van der Waals surface area contributed by atoms with Crippen LogP contribution < -0.4 is 0 Å². The number of hydrogen-bond acceptors (Lipinski definition) is 10. The van der Waals surface area contributed by atoms with Gasteiger partial charge >= 0.3 is 5.97 Å². The van der Waals surface area contributed by atoms with Gasteiger partial charge in [0.1, 0.15) is 23.7 Å². The zero-order valence-electron chi connectivity index (χ0n) is 27.8. The molecule has 0 aromatic heterocycles. The predicted molar refractivity (Wildman–Crippen MR) is 162 cm³/mol. The van der Waals surface area contributed by atoms with E-state index in [-0.39, 0.29) is 59.8 Å². The molecule has 3 heterocycles. The lowest BCUT2D eigenvalue weighted by molar-refractivity contribution is -0.319. The van der Waals surface area contributed by atoms with Gasteiger partial charge in [0, 0.05) is 33.0 Å². The van der Waals surface area contributed by atoms with Crippen LogP contribution in [-0.4, -0.2) is 97.4 Å². The fourth-order valence-electron chi connectivity index (χ4n) is 11.1. The molecule has 3 saturated carbocycles. The summed E-state index contributed by atoms with van der Waals surface area (Å²) in [4.78, 5) is 13.3. The number of cyclic esters (lactones) is 1. The van der Waals surface area contributed by atoms with E-state index in [4.69, 9.17) is 33.2 Å². The fourth-order valence-corrected chi connectivity index (χ4v) is 11.1. The lowest BCUT2D eigenvalue weighted by atomic mass is 9.45. The van der Waals surface area contributed by atoms with Crippen molar-refractivity contribution in [2.75, 3.05) is 14.2 Å². The molecular weight excluding hydrogens is 580 g/mol. The second kappa shape index (κ2) is 11.8. The molecule has 254 valence electrons. The van der Waals surface area contributed by atoms with E-state index < -0.39 is 35.8 Å². The summed E-state index contributed by atoms with van der Waals surface area (Å²) in [5, 5.41) is 22.7. The van der Waals surface area contributed by atoms with Gasteiger partial charge in [-0.2, -0.15) is 0 Å². The molecular formula is C35H54O10. The third-order valence-electron chi connectivity index (χ3n) is 13.5. The summed E-state index contributed by atoms with van der Waals surface area (Å²) in [6, 6.07) is 0. The Hall–Kier alpha value is -1.11. The number of esters is 1. The summed E-state index contributed by atoms with van der Waals surface area (Å²) in [5.41, 5.74) is -0.279. The zero-order chi connectivity index (χ0) is 31.9. The Morgan fingerprint density at radius 2 is 1.53 bits per heavy atom. The highest BCUT2D eigenvalue weighted by Crippen LogP contribution is 2.70. The first-order valence-corrected chi connectivity index (χ1v) is 17.4. The van der Waals surface area contributed by atoms with Gasteiger partial charge in [-0.25, -0.2) is 0 Å². The van der Waals surface area contributed by atoms with E-state index >= 15 is 0 Å². The number of fused-ring (bicyclic) bond motifs is 4. The lowest BCUT2D eigenvalue weighted by Gasteiger charge is -2.60. The number of hydrogen-bond donors (Lipinski definition) is 2. The van der Waals surface area contributed by atoms with Crippen LogP contribution in [0.25, 0.3) is 0 Å². The molecule has 16 atom stereocenters. The fraction of sp³-hybridized carbons (Fsp3) is 0.914. The molecule has 10 heteroatoms. The molecule has 7 rings (SSSR count). The Kier molecular flexibility index (Phi) is 8.50. The van der Waals surface area contributed by atoms with Gasteiger partial charge in [0.25, 0.3) is 0 Å². The van der Waals surface area contributed by atoms with E-state index in [1.165, 1.54) is 5.57 Å². The molecule has 6 fully saturated rings. The number of aliphatic hydroxyl groups excluding tert-OH is 1. The number of aliphatic hydroxyl groups is 2. The Bertz CT molecular complexity index is 1160. The molecule has 10 nitrogen and oxygen atoms in total. The minimum atomic E-state index is -0.981. The van der Waals surface area contributed by atoms with Crippen LogP contribution in [0.2, 0.25) is 0 Å². The van der Waals surface area contributed by atoms with E-state index in [1.807, 2.05) is 20.8 Å². The van der Waals surface area contributed by atoms with Crippen LogP contribution in [0.3, 0.4) is 0 Å². The van der Waals surface area contributed by atoms with Gasteiger partial charge in [0.15, 0.2) is 12.6 Å². The summed E-state index contributed by atoms with van der Waals surface area (Å²) in [7, 11) is 3.29. The first-order valence-electron chi connectivity index (χ1n) is 17.4. The first kappa shape index (κ1) is 32.4. The Morgan fingerprint density at radius 1 is 0.844 bits per heavy atom. The summed E-state index contributed by atoms with van der Waals surface area (Å²) in [6.45, 7) is 8.20. The smallest absolute Gasteiger partial charge is 0.315 e. The molecule has 0 aromatic carbocycles. The van der Waals surface area contributed by atoms with Gasteiger partial charge in [-0.15, -0.1) is 0 Å². The lowest BCUT2D eigenvalue weighted by Crippen LogP contribution is -2.63. The molecule has 3 saturated heterocycles. The normalized spacial score (nSPS) is 54.4. The molecule has 0 unspecified atom stereocenters. The number of carbonyl (C=O) groups is 1. The summed E-state index contributed by atoms with van der Waals surface area (Å²) in [6.07, 6.45) is 6.87.